The van der Waals surface area contributed by atoms with Gasteiger partial charge in [-0.05, 0) is 12.5 Å². The zero-order valence-electron chi connectivity index (χ0n) is 10.7. The molecule has 0 amide bonds. The van der Waals surface area contributed by atoms with Crippen molar-refractivity contribution < 1.29 is 23.2 Å². The van der Waals surface area contributed by atoms with E-state index in [1.807, 2.05) is 0 Å². The lowest BCUT2D eigenvalue weighted by atomic mass is 10.2. The lowest BCUT2D eigenvalue weighted by Gasteiger charge is -2.12. The van der Waals surface area contributed by atoms with Crippen molar-refractivity contribution in [1.82, 2.24) is 10.0 Å². The van der Waals surface area contributed by atoms with Crippen LogP contribution in [0.25, 0.3) is 0 Å². The third-order valence-electron chi connectivity index (χ3n) is 3.10. The molecule has 1 fully saturated rings. The summed E-state index contributed by atoms with van der Waals surface area (Å²) in [6, 6.07) is 3.53. The highest BCUT2D eigenvalue weighted by Crippen LogP contribution is 2.23. The van der Waals surface area contributed by atoms with E-state index in [0.29, 0.717) is 0 Å². The number of carboxylic acid groups (broad SMARTS) is 1. The van der Waals surface area contributed by atoms with Crippen molar-refractivity contribution in [2.45, 2.75) is 23.4 Å². The Bertz CT molecular complexity index is 674. The average Bonchev–Trinajstić information content (AvgIpc) is 2.86. The fourth-order valence-corrected chi connectivity index (χ4v) is 3.55. The van der Waals surface area contributed by atoms with Gasteiger partial charge in [-0.3, -0.25) is 14.9 Å². The summed E-state index contributed by atoms with van der Waals surface area (Å²) in [5.41, 5.74) is -0.522. The van der Waals surface area contributed by atoms with Gasteiger partial charge in [0.05, 0.1) is 4.92 Å². The van der Waals surface area contributed by atoms with Crippen LogP contribution in [-0.2, 0) is 14.8 Å². The van der Waals surface area contributed by atoms with Crippen LogP contribution < -0.4 is 10.0 Å². The summed E-state index contributed by atoms with van der Waals surface area (Å²) in [6.45, 7) is 0.150. The van der Waals surface area contributed by atoms with Crippen molar-refractivity contribution in [3.8, 4) is 0 Å². The molecule has 2 rings (SSSR count). The minimum atomic E-state index is -4.09. The van der Waals surface area contributed by atoms with Gasteiger partial charge in [-0.1, -0.05) is 12.1 Å². The van der Waals surface area contributed by atoms with Crippen molar-refractivity contribution in [3.63, 3.8) is 0 Å². The van der Waals surface area contributed by atoms with Crippen LogP contribution in [0.3, 0.4) is 0 Å². The van der Waals surface area contributed by atoms with E-state index < -0.39 is 43.6 Å². The number of nitrogens with one attached hydrogen (secondary N) is 2. The fourth-order valence-electron chi connectivity index (χ4n) is 2.13. The van der Waals surface area contributed by atoms with E-state index >= 15 is 0 Å². The zero-order chi connectivity index (χ0) is 15.6. The van der Waals surface area contributed by atoms with E-state index in [2.05, 4.69) is 10.0 Å². The van der Waals surface area contributed by atoms with Crippen molar-refractivity contribution in [3.05, 3.63) is 34.4 Å². The maximum Gasteiger partial charge on any atom is 0.320 e. The summed E-state index contributed by atoms with van der Waals surface area (Å²) in [4.78, 5) is 20.5. The third kappa shape index (κ3) is 3.35. The highest BCUT2D eigenvalue weighted by atomic mass is 32.2. The number of hydrogen-bond acceptors (Lipinski definition) is 6. The number of hydrogen-bond donors (Lipinski definition) is 3. The number of aliphatic carboxylic acids is 1. The number of nitro groups is 1. The number of rotatable bonds is 5. The van der Waals surface area contributed by atoms with E-state index in [1.54, 1.807) is 0 Å². The quantitative estimate of drug-likeness (QED) is 0.500. The van der Waals surface area contributed by atoms with E-state index in [4.69, 9.17) is 5.11 Å². The number of nitrogens with zero attached hydrogens (tertiary/aromatic N) is 1. The molecule has 0 aromatic heterocycles. The molecule has 1 aliphatic rings. The predicted molar refractivity (Wildman–Crippen MR) is 71.2 cm³/mol. The number of carbonyl (C=O) groups is 1. The second kappa shape index (κ2) is 5.76. The maximum absolute atomic E-state index is 12.2. The first-order chi connectivity index (χ1) is 9.81. The van der Waals surface area contributed by atoms with Gasteiger partial charge in [-0.15, -0.1) is 0 Å². The first-order valence-corrected chi connectivity index (χ1v) is 7.51. The van der Waals surface area contributed by atoms with E-state index in [1.165, 1.54) is 12.1 Å². The van der Waals surface area contributed by atoms with Gasteiger partial charge < -0.3 is 10.4 Å². The molecule has 1 aromatic rings. The van der Waals surface area contributed by atoms with Gasteiger partial charge in [0.1, 0.15) is 6.04 Å². The number of benzene rings is 1. The van der Waals surface area contributed by atoms with Crippen molar-refractivity contribution >= 4 is 21.7 Å². The molecule has 0 bridgehead atoms. The molecule has 0 aliphatic carbocycles. The van der Waals surface area contributed by atoms with Gasteiger partial charge in [-0.25, -0.2) is 13.1 Å². The molecule has 10 heteroatoms. The first kappa shape index (κ1) is 15.4. The molecule has 114 valence electrons. The molecule has 9 nitrogen and oxygen atoms in total. The Kier molecular flexibility index (Phi) is 4.21. The van der Waals surface area contributed by atoms with Gasteiger partial charge in [0.2, 0.25) is 10.0 Å². The summed E-state index contributed by atoms with van der Waals surface area (Å²) in [6.07, 6.45) is 0.0786. The highest BCUT2D eigenvalue weighted by molar-refractivity contribution is 7.89. The molecule has 0 spiro atoms. The van der Waals surface area contributed by atoms with Crippen LogP contribution in [0.4, 0.5) is 5.69 Å². The Morgan fingerprint density at radius 2 is 2.10 bits per heavy atom. The van der Waals surface area contributed by atoms with Gasteiger partial charge in [0, 0.05) is 18.7 Å². The summed E-state index contributed by atoms with van der Waals surface area (Å²) >= 11 is 0. The first-order valence-electron chi connectivity index (χ1n) is 6.03. The molecule has 0 unspecified atom stereocenters. The normalized spacial score (nSPS) is 22.1. The Morgan fingerprint density at radius 1 is 1.43 bits per heavy atom. The lowest BCUT2D eigenvalue weighted by molar-refractivity contribution is -0.387. The largest absolute Gasteiger partial charge is 0.480 e. The van der Waals surface area contributed by atoms with Crippen LogP contribution in [0, 0.1) is 10.1 Å². The number of para-hydroxylation sites is 1. The Morgan fingerprint density at radius 3 is 2.67 bits per heavy atom. The average molecular weight is 315 g/mol. The zero-order valence-corrected chi connectivity index (χ0v) is 11.5. The smallest absolute Gasteiger partial charge is 0.320 e. The van der Waals surface area contributed by atoms with E-state index in [-0.39, 0.29) is 13.0 Å². The Balaban J connectivity index is 2.20. The number of nitro benzene ring substituents is 1. The molecule has 0 saturated carbocycles. The van der Waals surface area contributed by atoms with Crippen LogP contribution in [0.2, 0.25) is 0 Å². The van der Waals surface area contributed by atoms with Gasteiger partial charge in [0.25, 0.3) is 5.69 Å². The van der Waals surface area contributed by atoms with Crippen LogP contribution in [-0.4, -0.2) is 43.0 Å². The second-order valence-corrected chi connectivity index (χ2v) is 6.26. The standard InChI is InChI=1S/C11H13N3O6S/c15-11(16)8-5-7(6-12-8)13-21(19,20)10-4-2-1-3-9(10)14(17)18/h1-4,7-8,12-13H,5-6H2,(H,15,16)/t7-,8+/m1/s1. The molecule has 1 aromatic carbocycles. The molecular weight excluding hydrogens is 302 g/mol. The maximum atomic E-state index is 12.2. The van der Waals surface area contributed by atoms with Crippen molar-refractivity contribution in [2.24, 2.45) is 0 Å². The summed E-state index contributed by atoms with van der Waals surface area (Å²) in [5, 5.41) is 22.4. The topological polar surface area (TPSA) is 139 Å². The fraction of sp³-hybridized carbons (Fsp3) is 0.364. The molecular formula is C11H13N3O6S. The Labute approximate surface area is 120 Å². The second-order valence-electron chi connectivity index (χ2n) is 4.58. The molecule has 1 saturated heterocycles. The molecule has 0 radical (unpaired) electrons. The van der Waals surface area contributed by atoms with Crippen LogP contribution in [0.1, 0.15) is 6.42 Å². The van der Waals surface area contributed by atoms with Crippen molar-refractivity contribution in [2.75, 3.05) is 6.54 Å². The minimum Gasteiger partial charge on any atom is -0.480 e. The van der Waals surface area contributed by atoms with E-state index in [0.717, 1.165) is 12.1 Å². The Hall–Kier alpha value is -2.04. The summed E-state index contributed by atoms with van der Waals surface area (Å²) in [5.74, 6) is -1.07. The molecule has 1 heterocycles. The molecule has 3 N–H and O–H groups in total. The van der Waals surface area contributed by atoms with E-state index in [9.17, 15) is 23.3 Å². The molecule has 2 atom stereocenters. The summed E-state index contributed by atoms with van der Waals surface area (Å²) < 4.78 is 26.7. The number of carboxylic acids is 1. The summed E-state index contributed by atoms with van der Waals surface area (Å²) in [7, 11) is -4.09. The van der Waals surface area contributed by atoms with Crippen molar-refractivity contribution in [1.29, 1.82) is 0 Å². The van der Waals surface area contributed by atoms with Gasteiger partial charge in [-0.2, -0.15) is 0 Å². The van der Waals surface area contributed by atoms with Crippen LogP contribution in [0.15, 0.2) is 29.2 Å². The van der Waals surface area contributed by atoms with Gasteiger partial charge >= 0.3 is 5.97 Å². The van der Waals surface area contributed by atoms with Crippen LogP contribution >= 0.6 is 0 Å². The van der Waals surface area contributed by atoms with Gasteiger partial charge in [0.15, 0.2) is 4.90 Å². The SMILES string of the molecule is O=C(O)[C@@H]1C[C@@H](NS(=O)(=O)c2ccccc2[N+](=O)[O-])CN1. The van der Waals surface area contributed by atoms with Crippen LogP contribution in [0.5, 0.6) is 0 Å². The highest BCUT2D eigenvalue weighted by Gasteiger charge is 2.34. The molecule has 21 heavy (non-hydrogen) atoms. The predicted octanol–water partition coefficient (Wildman–Crippen LogP) is -0.312. The third-order valence-corrected chi connectivity index (χ3v) is 4.67. The molecule has 1 aliphatic heterocycles. The minimum absolute atomic E-state index is 0.0786. The number of sulfonamides is 1. The monoisotopic (exact) mass is 315 g/mol. The lowest BCUT2D eigenvalue weighted by Crippen LogP contribution is -2.36.